The molecule has 0 radical (unpaired) electrons. The molecule has 1 aromatic heterocycles. The van der Waals surface area contributed by atoms with Gasteiger partial charge >= 0.3 is 5.97 Å². The van der Waals surface area contributed by atoms with Crippen LogP contribution in [0.2, 0.25) is 0 Å². The first-order chi connectivity index (χ1) is 18.3. The molecule has 1 amide bonds. The summed E-state index contributed by atoms with van der Waals surface area (Å²) in [7, 11) is 0. The molecule has 1 heterocycles. The molecule has 3 rings (SSSR count). The maximum Gasteiger partial charge on any atom is 0.306 e. The second-order valence-corrected chi connectivity index (χ2v) is 9.67. The lowest BCUT2D eigenvalue weighted by Gasteiger charge is -2.29. The fourth-order valence-corrected chi connectivity index (χ4v) is 4.32. The third kappa shape index (κ3) is 7.24. The zero-order valence-corrected chi connectivity index (χ0v) is 23.1. The number of para-hydroxylation sites is 1. The first kappa shape index (κ1) is 29.0. The van der Waals surface area contributed by atoms with Crippen LogP contribution in [0, 0.1) is 0 Å². The maximum absolute atomic E-state index is 13.5. The van der Waals surface area contributed by atoms with Crippen LogP contribution in [0.15, 0.2) is 52.9 Å². The molecule has 1 unspecified atom stereocenters. The third-order valence-corrected chi connectivity index (χ3v) is 6.43. The summed E-state index contributed by atoms with van der Waals surface area (Å²) in [6.45, 7) is 10.2. The summed E-state index contributed by atoms with van der Waals surface area (Å²) >= 11 is 0. The van der Waals surface area contributed by atoms with Gasteiger partial charge in [-0.1, -0.05) is 38.5 Å². The minimum Gasteiger partial charge on any atom is -0.494 e. The Balaban J connectivity index is 1.60. The van der Waals surface area contributed by atoms with Gasteiger partial charge in [0, 0.05) is 36.4 Å². The second-order valence-electron chi connectivity index (χ2n) is 9.67. The van der Waals surface area contributed by atoms with Gasteiger partial charge in [0.2, 0.25) is 0 Å². The lowest BCUT2D eigenvalue weighted by molar-refractivity contribution is -0.159. The molecule has 0 spiro atoms. The summed E-state index contributed by atoms with van der Waals surface area (Å²) in [6.07, 6.45) is 2.73. The summed E-state index contributed by atoms with van der Waals surface area (Å²) in [5.41, 5.74) is 1.95. The van der Waals surface area contributed by atoms with Crippen molar-refractivity contribution in [1.29, 1.82) is 0 Å². The predicted octanol–water partition coefficient (Wildman–Crippen LogP) is 6.35. The fourth-order valence-electron chi connectivity index (χ4n) is 4.32. The zero-order chi connectivity index (χ0) is 27.7. The van der Waals surface area contributed by atoms with Gasteiger partial charge in [0.15, 0.2) is 11.9 Å². The number of amides is 1. The van der Waals surface area contributed by atoms with Crippen molar-refractivity contribution in [3.63, 3.8) is 0 Å². The fraction of sp³-hybridized carbons (Fsp3) is 0.452. The molecule has 38 heavy (non-hydrogen) atoms. The van der Waals surface area contributed by atoms with E-state index < -0.39 is 12.1 Å². The van der Waals surface area contributed by atoms with Gasteiger partial charge < -0.3 is 18.8 Å². The molecule has 0 saturated carbocycles. The Morgan fingerprint density at radius 2 is 1.66 bits per heavy atom. The number of carbonyl (C=O) groups is 3. The van der Waals surface area contributed by atoms with Gasteiger partial charge in [-0.05, 0) is 63.9 Å². The van der Waals surface area contributed by atoms with Crippen LogP contribution in [0.3, 0.4) is 0 Å². The summed E-state index contributed by atoms with van der Waals surface area (Å²) in [6, 6.07) is 14.8. The average molecular weight is 522 g/mol. The summed E-state index contributed by atoms with van der Waals surface area (Å²) in [4.78, 5) is 39.4. The van der Waals surface area contributed by atoms with E-state index in [1.807, 2.05) is 38.1 Å². The van der Waals surface area contributed by atoms with Crippen molar-refractivity contribution in [2.24, 2.45) is 0 Å². The number of benzene rings is 2. The number of fused-ring (bicyclic) bond motifs is 1. The summed E-state index contributed by atoms with van der Waals surface area (Å²) in [5.74, 6) is 0.725. The lowest BCUT2D eigenvalue weighted by atomic mass is 9.98. The number of unbranched alkanes of at least 4 members (excludes halogenated alkanes) is 1. The molecule has 0 N–H and O–H groups in total. The van der Waals surface area contributed by atoms with Crippen LogP contribution in [0.25, 0.3) is 11.0 Å². The number of carbonyl (C=O) groups excluding carboxylic acids is 3. The van der Waals surface area contributed by atoms with Crippen LogP contribution < -0.4 is 4.74 Å². The SMILES string of the molecule is CCCCc1oc2ccccc2c1C(=O)c1ccc(OCCCN(C(=O)C(C)OC(=O)CC)C(C)C)cc1. The third-order valence-electron chi connectivity index (χ3n) is 6.43. The van der Waals surface area contributed by atoms with E-state index >= 15 is 0 Å². The first-order valence-corrected chi connectivity index (χ1v) is 13.5. The minimum absolute atomic E-state index is 0.0307. The zero-order valence-electron chi connectivity index (χ0n) is 23.1. The second kappa shape index (κ2) is 13.8. The van der Waals surface area contributed by atoms with E-state index in [4.69, 9.17) is 13.9 Å². The Hall–Kier alpha value is -3.61. The number of nitrogens with zero attached hydrogens (tertiary/aromatic N) is 1. The van der Waals surface area contributed by atoms with E-state index in [0.29, 0.717) is 36.4 Å². The predicted molar refractivity (Wildman–Crippen MR) is 148 cm³/mol. The largest absolute Gasteiger partial charge is 0.494 e. The van der Waals surface area contributed by atoms with Gasteiger partial charge in [-0.2, -0.15) is 0 Å². The Kier molecular flexibility index (Phi) is 10.5. The van der Waals surface area contributed by atoms with Gasteiger partial charge in [-0.25, -0.2) is 0 Å². The average Bonchev–Trinajstić information content (AvgIpc) is 3.29. The number of rotatable bonds is 14. The van der Waals surface area contributed by atoms with Crippen molar-refractivity contribution in [3.05, 3.63) is 65.4 Å². The molecule has 204 valence electrons. The lowest BCUT2D eigenvalue weighted by Crippen LogP contribution is -2.44. The van der Waals surface area contributed by atoms with Gasteiger partial charge in [0.1, 0.15) is 17.1 Å². The van der Waals surface area contributed by atoms with Crippen LogP contribution in [-0.4, -0.2) is 47.9 Å². The topological polar surface area (TPSA) is 86.1 Å². The van der Waals surface area contributed by atoms with Crippen LogP contribution in [0.5, 0.6) is 5.75 Å². The van der Waals surface area contributed by atoms with Crippen molar-refractivity contribution in [2.75, 3.05) is 13.2 Å². The molecule has 3 aromatic rings. The minimum atomic E-state index is -0.814. The summed E-state index contributed by atoms with van der Waals surface area (Å²) in [5, 5.41) is 0.840. The Morgan fingerprint density at radius 1 is 0.947 bits per heavy atom. The highest BCUT2D eigenvalue weighted by molar-refractivity contribution is 6.16. The van der Waals surface area contributed by atoms with Crippen LogP contribution in [0.4, 0.5) is 0 Å². The van der Waals surface area contributed by atoms with E-state index in [0.717, 1.165) is 36.0 Å². The number of ether oxygens (including phenoxy) is 2. The Labute approximate surface area is 225 Å². The molecule has 0 aliphatic carbocycles. The molecule has 7 heteroatoms. The summed E-state index contributed by atoms with van der Waals surface area (Å²) < 4.78 is 17.1. The molecule has 0 saturated heterocycles. The van der Waals surface area contributed by atoms with Crippen molar-refractivity contribution in [1.82, 2.24) is 4.90 Å². The van der Waals surface area contributed by atoms with E-state index in [2.05, 4.69) is 6.92 Å². The molecule has 1 atom stereocenters. The normalized spacial score (nSPS) is 11.9. The molecule has 0 aliphatic rings. The first-order valence-electron chi connectivity index (χ1n) is 13.5. The van der Waals surface area contributed by atoms with Gasteiger partial charge in [0.25, 0.3) is 5.91 Å². The number of aryl methyl sites for hydroxylation is 1. The van der Waals surface area contributed by atoms with Crippen LogP contribution in [0.1, 0.15) is 82.0 Å². The Bertz CT molecular complexity index is 1230. The Morgan fingerprint density at radius 3 is 2.32 bits per heavy atom. The molecule has 0 aliphatic heterocycles. The van der Waals surface area contributed by atoms with Gasteiger partial charge in [-0.3, -0.25) is 14.4 Å². The smallest absolute Gasteiger partial charge is 0.306 e. The molecule has 0 bridgehead atoms. The number of hydrogen-bond acceptors (Lipinski definition) is 6. The van der Waals surface area contributed by atoms with Gasteiger partial charge in [-0.15, -0.1) is 0 Å². The van der Waals surface area contributed by atoms with Crippen molar-refractivity contribution in [3.8, 4) is 5.75 Å². The van der Waals surface area contributed by atoms with E-state index in [9.17, 15) is 14.4 Å². The quantitative estimate of drug-likeness (QED) is 0.139. The molecule has 2 aromatic carbocycles. The van der Waals surface area contributed by atoms with Crippen LogP contribution >= 0.6 is 0 Å². The molecular formula is C31H39NO6. The van der Waals surface area contributed by atoms with Gasteiger partial charge in [0.05, 0.1) is 12.2 Å². The van der Waals surface area contributed by atoms with Crippen molar-refractivity contribution >= 4 is 28.6 Å². The number of hydrogen-bond donors (Lipinski definition) is 0. The number of furan rings is 1. The van der Waals surface area contributed by atoms with Crippen molar-refractivity contribution in [2.45, 2.75) is 78.9 Å². The standard InChI is InChI=1S/C31H39NO6/c1-6-8-13-27-29(25-12-9-10-14-26(25)38-27)30(34)23-15-17-24(18-16-23)36-20-11-19-32(21(3)4)31(35)22(5)37-28(33)7-2/h9-10,12,14-18,21-22H,6-8,11,13,19-20H2,1-5H3. The van der Waals surface area contributed by atoms with E-state index in [-0.39, 0.29) is 24.2 Å². The molecular weight excluding hydrogens is 482 g/mol. The number of ketones is 1. The monoisotopic (exact) mass is 521 g/mol. The highest BCUT2D eigenvalue weighted by Crippen LogP contribution is 2.30. The van der Waals surface area contributed by atoms with E-state index in [1.165, 1.54) is 0 Å². The molecule has 0 fully saturated rings. The van der Waals surface area contributed by atoms with Crippen LogP contribution in [-0.2, 0) is 20.7 Å². The van der Waals surface area contributed by atoms with E-state index in [1.54, 1.807) is 43.0 Å². The van der Waals surface area contributed by atoms with Crippen molar-refractivity contribution < 1.29 is 28.3 Å². The highest BCUT2D eigenvalue weighted by atomic mass is 16.5. The highest BCUT2D eigenvalue weighted by Gasteiger charge is 2.25. The molecule has 7 nitrogen and oxygen atoms in total. The number of esters is 1. The maximum atomic E-state index is 13.5.